The van der Waals surface area contributed by atoms with Gasteiger partial charge in [0.2, 0.25) is 0 Å². The van der Waals surface area contributed by atoms with Crippen molar-refractivity contribution in [3.05, 3.63) is 22.8 Å². The van der Waals surface area contributed by atoms with Gasteiger partial charge in [0.05, 0.1) is 0 Å². The standard InChI is InChI=1S/C14H21ClN4O/c1-8-3-4-11(5-9(8)2)17-14(20)10-6-12(15)18-13(7-10)19-16/h6-9,11H,3-5,16H2,1-2H3,(H,17,20)(H,18,19). The molecule has 3 unspecified atom stereocenters. The predicted octanol–water partition coefficient (Wildman–Crippen LogP) is 2.58. The number of nitrogen functional groups attached to an aromatic ring is 1. The number of aromatic nitrogens is 1. The first-order chi connectivity index (χ1) is 9.49. The zero-order chi connectivity index (χ0) is 14.7. The Morgan fingerprint density at radius 3 is 2.75 bits per heavy atom. The summed E-state index contributed by atoms with van der Waals surface area (Å²) in [5, 5.41) is 3.32. The van der Waals surface area contributed by atoms with Gasteiger partial charge in [-0.1, -0.05) is 25.4 Å². The Morgan fingerprint density at radius 2 is 2.10 bits per heavy atom. The molecule has 0 aromatic carbocycles. The Hall–Kier alpha value is -1.33. The van der Waals surface area contributed by atoms with E-state index in [0.717, 1.165) is 25.2 Å². The molecule has 0 bridgehead atoms. The van der Waals surface area contributed by atoms with Crippen molar-refractivity contribution in [2.75, 3.05) is 5.43 Å². The molecule has 1 saturated carbocycles. The van der Waals surface area contributed by atoms with Gasteiger partial charge in [-0.2, -0.15) is 0 Å². The minimum absolute atomic E-state index is 0.127. The van der Waals surface area contributed by atoms with Crippen LogP contribution in [0.2, 0.25) is 5.15 Å². The maximum absolute atomic E-state index is 12.3. The lowest BCUT2D eigenvalue weighted by atomic mass is 9.79. The van der Waals surface area contributed by atoms with Gasteiger partial charge in [-0.3, -0.25) is 4.79 Å². The number of amides is 1. The van der Waals surface area contributed by atoms with E-state index in [1.54, 1.807) is 12.1 Å². The quantitative estimate of drug-likeness (QED) is 0.455. The fourth-order valence-corrected chi connectivity index (χ4v) is 2.86. The number of halogens is 1. The number of carbonyl (C=O) groups is 1. The van der Waals surface area contributed by atoms with Crippen LogP contribution in [0, 0.1) is 11.8 Å². The Morgan fingerprint density at radius 1 is 1.35 bits per heavy atom. The van der Waals surface area contributed by atoms with Crippen LogP contribution in [0.1, 0.15) is 43.5 Å². The summed E-state index contributed by atoms with van der Waals surface area (Å²) in [5.41, 5.74) is 2.88. The number of rotatable bonds is 3. The van der Waals surface area contributed by atoms with Gasteiger partial charge in [-0.05, 0) is 43.2 Å². The Bertz CT molecular complexity index is 494. The molecule has 1 fully saturated rings. The van der Waals surface area contributed by atoms with Crippen LogP contribution < -0.4 is 16.6 Å². The molecule has 1 aliphatic carbocycles. The Balaban J connectivity index is 2.03. The molecule has 3 atom stereocenters. The molecule has 1 heterocycles. The number of pyridine rings is 1. The van der Waals surface area contributed by atoms with E-state index in [1.165, 1.54) is 0 Å². The summed E-state index contributed by atoms with van der Waals surface area (Å²) in [6, 6.07) is 3.37. The summed E-state index contributed by atoms with van der Waals surface area (Å²) in [5.74, 6) is 6.92. The first kappa shape index (κ1) is 15.1. The van der Waals surface area contributed by atoms with E-state index in [1.807, 2.05) is 0 Å². The van der Waals surface area contributed by atoms with Gasteiger partial charge in [0.15, 0.2) is 0 Å². The van der Waals surface area contributed by atoms with E-state index in [-0.39, 0.29) is 17.1 Å². The van der Waals surface area contributed by atoms with Crippen molar-refractivity contribution in [2.24, 2.45) is 17.7 Å². The fraction of sp³-hybridized carbons (Fsp3) is 0.571. The van der Waals surface area contributed by atoms with Gasteiger partial charge in [0.25, 0.3) is 5.91 Å². The first-order valence-corrected chi connectivity index (χ1v) is 7.32. The average Bonchev–Trinajstić information content (AvgIpc) is 2.42. The highest BCUT2D eigenvalue weighted by molar-refractivity contribution is 6.29. The van der Waals surface area contributed by atoms with Crippen molar-refractivity contribution in [3.8, 4) is 0 Å². The number of carbonyl (C=O) groups excluding carboxylic acids is 1. The van der Waals surface area contributed by atoms with E-state index in [9.17, 15) is 4.79 Å². The molecule has 1 amide bonds. The lowest BCUT2D eigenvalue weighted by molar-refractivity contribution is 0.0910. The fourth-order valence-electron chi connectivity index (χ4n) is 2.65. The molecule has 5 nitrogen and oxygen atoms in total. The lowest BCUT2D eigenvalue weighted by Crippen LogP contribution is -2.39. The largest absolute Gasteiger partial charge is 0.349 e. The number of hydrogen-bond acceptors (Lipinski definition) is 4. The molecule has 0 saturated heterocycles. The van der Waals surface area contributed by atoms with Gasteiger partial charge in [-0.25, -0.2) is 10.8 Å². The summed E-state index contributed by atoms with van der Waals surface area (Å²) >= 11 is 5.87. The SMILES string of the molecule is CC1CCC(NC(=O)c2cc(Cl)nc(NN)c2)CC1C. The van der Waals surface area contributed by atoms with E-state index in [2.05, 4.69) is 29.6 Å². The molecule has 0 spiro atoms. The maximum Gasteiger partial charge on any atom is 0.251 e. The number of nitrogens with one attached hydrogen (secondary N) is 2. The number of nitrogens with zero attached hydrogens (tertiary/aromatic N) is 1. The van der Waals surface area contributed by atoms with E-state index in [0.29, 0.717) is 17.3 Å². The Kier molecular flexibility index (Phi) is 4.83. The molecule has 2 rings (SSSR count). The molecule has 110 valence electrons. The second-order valence-corrected chi connectivity index (χ2v) is 6.03. The highest BCUT2D eigenvalue weighted by Crippen LogP contribution is 2.29. The van der Waals surface area contributed by atoms with Crippen LogP contribution in [0.4, 0.5) is 5.82 Å². The van der Waals surface area contributed by atoms with Crippen LogP contribution in [0.3, 0.4) is 0 Å². The van der Waals surface area contributed by atoms with Crippen molar-refractivity contribution in [2.45, 2.75) is 39.2 Å². The zero-order valence-electron chi connectivity index (χ0n) is 11.8. The van der Waals surface area contributed by atoms with Gasteiger partial charge in [0.1, 0.15) is 11.0 Å². The third-order valence-electron chi connectivity index (χ3n) is 4.14. The maximum atomic E-state index is 12.3. The van der Waals surface area contributed by atoms with Crippen LogP contribution in [0.5, 0.6) is 0 Å². The molecular weight excluding hydrogens is 276 g/mol. The number of nitrogens with two attached hydrogens (primary N) is 1. The minimum atomic E-state index is -0.127. The van der Waals surface area contributed by atoms with E-state index < -0.39 is 0 Å². The summed E-state index contributed by atoms with van der Waals surface area (Å²) in [4.78, 5) is 16.2. The second-order valence-electron chi connectivity index (χ2n) is 5.65. The molecule has 20 heavy (non-hydrogen) atoms. The zero-order valence-corrected chi connectivity index (χ0v) is 12.6. The molecule has 1 aromatic heterocycles. The smallest absolute Gasteiger partial charge is 0.251 e. The molecule has 1 aromatic rings. The van der Waals surface area contributed by atoms with Crippen molar-refractivity contribution in [1.29, 1.82) is 0 Å². The van der Waals surface area contributed by atoms with Crippen molar-refractivity contribution < 1.29 is 4.79 Å². The van der Waals surface area contributed by atoms with Crippen LogP contribution in [-0.2, 0) is 0 Å². The van der Waals surface area contributed by atoms with Crippen molar-refractivity contribution in [1.82, 2.24) is 10.3 Å². The molecule has 6 heteroatoms. The molecule has 4 N–H and O–H groups in total. The topological polar surface area (TPSA) is 80.0 Å². The van der Waals surface area contributed by atoms with Crippen LogP contribution in [-0.4, -0.2) is 16.9 Å². The molecule has 0 aliphatic heterocycles. The summed E-state index contributed by atoms with van der Waals surface area (Å²) in [6.45, 7) is 4.51. The van der Waals surface area contributed by atoms with Crippen molar-refractivity contribution in [3.63, 3.8) is 0 Å². The van der Waals surface area contributed by atoms with Gasteiger partial charge in [-0.15, -0.1) is 0 Å². The van der Waals surface area contributed by atoms with Crippen LogP contribution >= 0.6 is 11.6 Å². The van der Waals surface area contributed by atoms with Gasteiger partial charge >= 0.3 is 0 Å². The predicted molar refractivity (Wildman–Crippen MR) is 80.5 cm³/mol. The van der Waals surface area contributed by atoms with Crippen molar-refractivity contribution >= 4 is 23.3 Å². The summed E-state index contributed by atoms with van der Waals surface area (Å²) in [6.07, 6.45) is 3.20. The van der Waals surface area contributed by atoms with Gasteiger partial charge in [0, 0.05) is 11.6 Å². The average molecular weight is 297 g/mol. The summed E-state index contributed by atoms with van der Waals surface area (Å²) < 4.78 is 0. The second kappa shape index (κ2) is 6.41. The highest BCUT2D eigenvalue weighted by atomic mass is 35.5. The first-order valence-electron chi connectivity index (χ1n) is 6.94. The monoisotopic (exact) mass is 296 g/mol. The third kappa shape index (κ3) is 3.61. The molecular formula is C14H21ClN4O. The molecule has 1 aliphatic rings. The lowest BCUT2D eigenvalue weighted by Gasteiger charge is -2.32. The number of hydrogen-bond donors (Lipinski definition) is 3. The highest BCUT2D eigenvalue weighted by Gasteiger charge is 2.25. The van der Waals surface area contributed by atoms with Crippen LogP contribution in [0.15, 0.2) is 12.1 Å². The van der Waals surface area contributed by atoms with E-state index >= 15 is 0 Å². The number of hydrazine groups is 1. The van der Waals surface area contributed by atoms with Crippen LogP contribution in [0.25, 0.3) is 0 Å². The summed E-state index contributed by atoms with van der Waals surface area (Å²) in [7, 11) is 0. The van der Waals surface area contributed by atoms with E-state index in [4.69, 9.17) is 17.4 Å². The third-order valence-corrected chi connectivity index (χ3v) is 4.33. The Labute approximate surface area is 124 Å². The van der Waals surface area contributed by atoms with Gasteiger partial charge < -0.3 is 10.7 Å². The normalized spacial score (nSPS) is 26.1. The number of anilines is 1. The minimum Gasteiger partial charge on any atom is -0.349 e. The molecule has 0 radical (unpaired) electrons.